The maximum absolute atomic E-state index is 13.5. The number of rotatable bonds is 9. The van der Waals surface area contributed by atoms with Crippen LogP contribution in [-0.4, -0.2) is 28.0 Å². The number of halogens is 2. The summed E-state index contributed by atoms with van der Waals surface area (Å²) < 4.78 is 52.3. The van der Waals surface area contributed by atoms with Gasteiger partial charge in [0.15, 0.2) is 17.2 Å². The monoisotopic (exact) mass is 546 g/mol. The number of nitrogens with zero attached hydrogens (tertiary/aromatic N) is 1. The number of nitrogens with one attached hydrogen (secondary N) is 1. The quantitative estimate of drug-likeness (QED) is 0.271. The lowest BCUT2D eigenvalue weighted by Gasteiger charge is -2.23. The number of thiophene rings is 1. The summed E-state index contributed by atoms with van der Waals surface area (Å²) in [5.74, 6) is -0.0349. The molecule has 1 aromatic heterocycles. The van der Waals surface area contributed by atoms with Gasteiger partial charge in [-0.1, -0.05) is 29.8 Å². The Morgan fingerprint density at radius 2 is 1.72 bits per heavy atom. The zero-order chi connectivity index (χ0) is 25.7. The van der Waals surface area contributed by atoms with E-state index in [1.54, 1.807) is 47.8 Å². The Hall–Kier alpha value is -3.60. The van der Waals surface area contributed by atoms with E-state index in [1.165, 1.54) is 31.4 Å². The molecular weight excluding hydrogens is 527 g/mol. The van der Waals surface area contributed by atoms with Gasteiger partial charge >= 0.3 is 0 Å². The van der Waals surface area contributed by atoms with Crippen molar-refractivity contribution in [2.45, 2.75) is 4.21 Å². The second-order valence-electron chi connectivity index (χ2n) is 7.36. The van der Waals surface area contributed by atoms with Crippen LogP contribution < -0.4 is 19.1 Å². The van der Waals surface area contributed by atoms with Crippen molar-refractivity contribution in [1.82, 2.24) is 0 Å². The highest BCUT2D eigenvalue weighted by Crippen LogP contribution is 2.36. The normalized spacial score (nSPS) is 11.1. The lowest BCUT2D eigenvalue weighted by atomic mass is 10.2. The van der Waals surface area contributed by atoms with E-state index < -0.39 is 28.3 Å². The number of ether oxygens (including phenoxy) is 2. The third-order valence-electron chi connectivity index (χ3n) is 4.95. The molecule has 0 radical (unpaired) electrons. The molecule has 0 bridgehead atoms. The first-order chi connectivity index (χ1) is 17.3. The van der Waals surface area contributed by atoms with E-state index >= 15 is 0 Å². The van der Waals surface area contributed by atoms with Gasteiger partial charge in [0.25, 0.3) is 10.0 Å². The Kier molecular flexibility index (Phi) is 7.78. The molecule has 1 heterocycles. The minimum absolute atomic E-state index is 0.0441. The molecule has 0 atom stereocenters. The van der Waals surface area contributed by atoms with Crippen molar-refractivity contribution < 1.29 is 27.1 Å². The third-order valence-corrected chi connectivity index (χ3v) is 8.33. The molecule has 0 saturated carbocycles. The lowest BCUT2D eigenvalue weighted by Crippen LogP contribution is -2.37. The molecule has 0 saturated heterocycles. The Bertz CT molecular complexity index is 1460. The SMILES string of the molecule is COc1ccccc1Oc1ccc(Cl)cc1NC(=O)CN(c1ccc(F)cc1)S(=O)(=O)c1cccs1. The van der Waals surface area contributed by atoms with Gasteiger partial charge in [0.2, 0.25) is 5.91 Å². The van der Waals surface area contributed by atoms with E-state index in [0.29, 0.717) is 16.5 Å². The summed E-state index contributed by atoms with van der Waals surface area (Å²) in [6, 6.07) is 19.5. The van der Waals surface area contributed by atoms with Gasteiger partial charge in [-0.25, -0.2) is 12.8 Å². The fourth-order valence-electron chi connectivity index (χ4n) is 3.27. The van der Waals surface area contributed by atoms with Crippen LogP contribution in [0.15, 0.2) is 88.5 Å². The third kappa shape index (κ3) is 5.78. The molecule has 36 heavy (non-hydrogen) atoms. The van der Waals surface area contributed by atoms with E-state index in [1.807, 2.05) is 0 Å². The number of carbonyl (C=O) groups is 1. The summed E-state index contributed by atoms with van der Waals surface area (Å²) in [4.78, 5) is 13.1. The van der Waals surface area contributed by atoms with Gasteiger partial charge in [0.1, 0.15) is 16.6 Å². The van der Waals surface area contributed by atoms with Crippen molar-refractivity contribution >= 4 is 50.2 Å². The Balaban J connectivity index is 1.63. The van der Waals surface area contributed by atoms with Crippen LogP contribution in [0, 0.1) is 5.82 Å². The largest absolute Gasteiger partial charge is 0.493 e. The number of methoxy groups -OCH3 is 1. The number of carbonyl (C=O) groups excluding carboxylic acids is 1. The smallest absolute Gasteiger partial charge is 0.274 e. The number of anilines is 2. The number of hydrogen-bond acceptors (Lipinski definition) is 6. The van der Waals surface area contributed by atoms with E-state index in [9.17, 15) is 17.6 Å². The van der Waals surface area contributed by atoms with Crippen LogP contribution in [-0.2, 0) is 14.8 Å². The number of amides is 1. The van der Waals surface area contributed by atoms with Crippen molar-refractivity contribution in [2.75, 3.05) is 23.3 Å². The fraction of sp³-hybridized carbons (Fsp3) is 0.0800. The molecule has 0 aliphatic carbocycles. The lowest BCUT2D eigenvalue weighted by molar-refractivity contribution is -0.114. The minimum Gasteiger partial charge on any atom is -0.493 e. The Morgan fingerprint density at radius 1 is 1.00 bits per heavy atom. The molecule has 4 aromatic rings. The summed E-state index contributed by atoms with van der Waals surface area (Å²) >= 11 is 7.16. The van der Waals surface area contributed by atoms with Gasteiger partial charge in [-0.15, -0.1) is 11.3 Å². The summed E-state index contributed by atoms with van der Waals surface area (Å²) in [7, 11) is -2.59. The molecule has 11 heteroatoms. The maximum atomic E-state index is 13.5. The maximum Gasteiger partial charge on any atom is 0.274 e. The second-order valence-corrected chi connectivity index (χ2v) is 10.8. The van der Waals surface area contributed by atoms with E-state index in [-0.39, 0.29) is 21.3 Å². The average molecular weight is 547 g/mol. The van der Waals surface area contributed by atoms with Crippen molar-refractivity contribution in [2.24, 2.45) is 0 Å². The summed E-state index contributed by atoms with van der Waals surface area (Å²) in [6.45, 7) is -0.577. The summed E-state index contributed by atoms with van der Waals surface area (Å²) in [6.07, 6.45) is 0. The molecular formula is C25H20ClFN2O5S2. The molecule has 0 aliphatic heterocycles. The first kappa shape index (κ1) is 25.5. The highest BCUT2D eigenvalue weighted by Gasteiger charge is 2.28. The van der Waals surface area contributed by atoms with Crippen LogP contribution in [0.1, 0.15) is 0 Å². The molecule has 186 valence electrons. The molecule has 3 aromatic carbocycles. The molecule has 1 amide bonds. The van der Waals surface area contributed by atoms with Crippen LogP contribution in [0.25, 0.3) is 0 Å². The van der Waals surface area contributed by atoms with Crippen molar-refractivity contribution in [3.8, 4) is 17.2 Å². The highest BCUT2D eigenvalue weighted by molar-refractivity contribution is 7.94. The van der Waals surface area contributed by atoms with Crippen LogP contribution >= 0.6 is 22.9 Å². The van der Waals surface area contributed by atoms with Crippen molar-refractivity contribution in [3.63, 3.8) is 0 Å². The first-order valence-corrected chi connectivity index (χ1v) is 13.2. The van der Waals surface area contributed by atoms with Crippen LogP contribution in [0.5, 0.6) is 17.2 Å². The van der Waals surface area contributed by atoms with E-state index in [2.05, 4.69) is 5.32 Å². The van der Waals surface area contributed by atoms with E-state index in [0.717, 1.165) is 27.8 Å². The zero-order valence-electron chi connectivity index (χ0n) is 18.9. The number of benzene rings is 3. The Labute approximate surface area is 216 Å². The Morgan fingerprint density at radius 3 is 2.39 bits per heavy atom. The molecule has 4 rings (SSSR count). The van der Waals surface area contributed by atoms with Gasteiger partial charge in [-0.3, -0.25) is 9.10 Å². The zero-order valence-corrected chi connectivity index (χ0v) is 21.2. The topological polar surface area (TPSA) is 84.9 Å². The van der Waals surface area contributed by atoms with E-state index in [4.69, 9.17) is 21.1 Å². The predicted molar refractivity (Wildman–Crippen MR) is 138 cm³/mol. The van der Waals surface area contributed by atoms with Crippen molar-refractivity contribution in [1.29, 1.82) is 0 Å². The average Bonchev–Trinajstić information content (AvgIpc) is 3.41. The summed E-state index contributed by atoms with van der Waals surface area (Å²) in [5.41, 5.74) is 0.363. The molecule has 0 spiro atoms. The van der Waals surface area contributed by atoms with Crippen LogP contribution in [0.3, 0.4) is 0 Å². The van der Waals surface area contributed by atoms with Gasteiger partial charge in [-0.2, -0.15) is 0 Å². The van der Waals surface area contributed by atoms with Crippen LogP contribution in [0.2, 0.25) is 5.02 Å². The fourth-order valence-corrected chi connectivity index (χ4v) is 5.97. The molecule has 7 nitrogen and oxygen atoms in total. The first-order valence-electron chi connectivity index (χ1n) is 10.5. The summed E-state index contributed by atoms with van der Waals surface area (Å²) in [5, 5.41) is 4.62. The molecule has 0 aliphatic rings. The van der Waals surface area contributed by atoms with Gasteiger partial charge in [0.05, 0.1) is 18.5 Å². The highest BCUT2D eigenvalue weighted by atomic mass is 35.5. The molecule has 0 fully saturated rings. The van der Waals surface area contributed by atoms with Crippen molar-refractivity contribution in [3.05, 3.63) is 95.1 Å². The van der Waals surface area contributed by atoms with Gasteiger partial charge in [-0.05, 0) is 66.0 Å². The molecule has 1 N–H and O–H groups in total. The number of hydrogen-bond donors (Lipinski definition) is 1. The number of para-hydroxylation sites is 2. The van der Waals surface area contributed by atoms with Gasteiger partial charge < -0.3 is 14.8 Å². The second kappa shape index (κ2) is 11.0. The van der Waals surface area contributed by atoms with Gasteiger partial charge in [0, 0.05) is 5.02 Å². The molecule has 0 unspecified atom stereocenters. The standard InChI is InChI=1S/C25H20ClFN2O5S2/c1-33-22-5-2-3-6-23(22)34-21-13-8-17(26)15-20(21)28-24(30)16-29(19-11-9-18(27)10-12-19)36(31,32)25-7-4-14-35-25/h2-15H,16H2,1H3,(H,28,30). The van der Waals surface area contributed by atoms with Crippen LogP contribution in [0.4, 0.5) is 15.8 Å². The number of sulfonamides is 1. The predicted octanol–water partition coefficient (Wildman–Crippen LogP) is 6.18. The minimum atomic E-state index is -4.09.